The van der Waals surface area contributed by atoms with Gasteiger partial charge in [-0.15, -0.1) is 0 Å². The molecule has 0 amide bonds. The zero-order valence-electron chi connectivity index (χ0n) is 6.96. The van der Waals surface area contributed by atoms with Crippen LogP contribution in [0.1, 0.15) is 0 Å². The molecule has 0 spiro atoms. The van der Waals surface area contributed by atoms with Gasteiger partial charge >= 0.3 is 0 Å². The minimum Gasteiger partial charge on any atom is -0.388 e. The Bertz CT molecular complexity index is 388. The largest absolute Gasteiger partial charge is 0.388 e. The maximum Gasteiger partial charge on any atom is 0.0423 e. The van der Waals surface area contributed by atoms with Crippen molar-refractivity contribution in [2.45, 2.75) is 0 Å². The fraction of sp³-hybridized carbons (Fsp3) is 0.0909. The molecule has 0 aliphatic carbocycles. The van der Waals surface area contributed by atoms with Crippen molar-refractivity contribution >= 4 is 16.5 Å². The van der Waals surface area contributed by atoms with Crippen molar-refractivity contribution in [2.75, 3.05) is 12.4 Å². The topological polar surface area (TPSA) is 12.0 Å². The van der Waals surface area contributed by atoms with E-state index in [1.807, 2.05) is 25.2 Å². The number of nitrogens with one attached hydrogen (secondary N) is 1. The van der Waals surface area contributed by atoms with E-state index >= 15 is 0 Å². The average molecular weight is 156 g/mol. The molecule has 0 heterocycles. The first-order valence-corrected chi connectivity index (χ1v) is 3.99. The van der Waals surface area contributed by atoms with Crippen molar-refractivity contribution in [3.05, 3.63) is 42.5 Å². The Morgan fingerprint density at radius 3 is 2.83 bits per heavy atom. The first-order valence-electron chi connectivity index (χ1n) is 3.99. The smallest absolute Gasteiger partial charge is 0.0423 e. The van der Waals surface area contributed by atoms with Crippen LogP contribution in [0.2, 0.25) is 0 Å². The summed E-state index contributed by atoms with van der Waals surface area (Å²) in [6, 6.07) is 15.4. The molecule has 1 radical (unpaired) electrons. The summed E-state index contributed by atoms with van der Waals surface area (Å²) in [6.07, 6.45) is 0. The highest BCUT2D eigenvalue weighted by Gasteiger charge is 1.95. The molecule has 12 heavy (non-hydrogen) atoms. The minimum atomic E-state index is 1.13. The van der Waals surface area contributed by atoms with Crippen LogP contribution in [0.25, 0.3) is 10.8 Å². The predicted octanol–water partition coefficient (Wildman–Crippen LogP) is 2.68. The van der Waals surface area contributed by atoms with Gasteiger partial charge in [-0.3, -0.25) is 0 Å². The number of fused-ring (bicyclic) bond motifs is 1. The molecule has 2 aromatic rings. The van der Waals surface area contributed by atoms with E-state index in [2.05, 4.69) is 29.6 Å². The van der Waals surface area contributed by atoms with Gasteiger partial charge in [0.2, 0.25) is 0 Å². The van der Waals surface area contributed by atoms with Gasteiger partial charge in [-0.2, -0.15) is 0 Å². The minimum absolute atomic E-state index is 1.13. The number of rotatable bonds is 1. The summed E-state index contributed by atoms with van der Waals surface area (Å²) in [4.78, 5) is 0. The second-order valence-corrected chi connectivity index (χ2v) is 2.69. The Balaban J connectivity index is 2.79. The first-order chi connectivity index (χ1) is 5.92. The highest BCUT2D eigenvalue weighted by Crippen LogP contribution is 2.21. The lowest BCUT2D eigenvalue weighted by Gasteiger charge is -2.03. The molecule has 0 aromatic heterocycles. The van der Waals surface area contributed by atoms with Gasteiger partial charge in [0, 0.05) is 18.1 Å². The Morgan fingerprint density at radius 1 is 1.17 bits per heavy atom. The number of anilines is 1. The molecule has 2 aromatic carbocycles. The molecule has 0 bridgehead atoms. The summed E-state index contributed by atoms with van der Waals surface area (Å²) in [5.74, 6) is 0. The zero-order valence-corrected chi connectivity index (χ0v) is 6.96. The number of hydrogen-bond donors (Lipinski definition) is 1. The molecule has 0 atom stereocenters. The van der Waals surface area contributed by atoms with Crippen LogP contribution < -0.4 is 5.32 Å². The lowest BCUT2D eigenvalue weighted by Crippen LogP contribution is -1.88. The molecule has 1 N–H and O–H groups in total. The van der Waals surface area contributed by atoms with Crippen LogP contribution in [0.4, 0.5) is 5.69 Å². The average Bonchev–Trinajstić information content (AvgIpc) is 2.17. The van der Waals surface area contributed by atoms with Crippen LogP contribution in [-0.4, -0.2) is 7.05 Å². The predicted molar refractivity (Wildman–Crippen MR) is 52.3 cm³/mol. The van der Waals surface area contributed by atoms with Gasteiger partial charge in [0.05, 0.1) is 0 Å². The second-order valence-electron chi connectivity index (χ2n) is 2.69. The fourth-order valence-electron chi connectivity index (χ4n) is 1.36. The molecule has 0 saturated heterocycles. The normalized spacial score (nSPS) is 10.1. The molecule has 0 aliphatic rings. The van der Waals surface area contributed by atoms with Crippen molar-refractivity contribution in [1.29, 1.82) is 0 Å². The quantitative estimate of drug-likeness (QED) is 0.669. The summed E-state index contributed by atoms with van der Waals surface area (Å²) in [6.45, 7) is 0. The molecule has 1 heteroatoms. The van der Waals surface area contributed by atoms with Crippen LogP contribution in [0, 0.1) is 6.07 Å². The van der Waals surface area contributed by atoms with Crippen LogP contribution in [0.15, 0.2) is 36.4 Å². The van der Waals surface area contributed by atoms with Gasteiger partial charge in [0.1, 0.15) is 0 Å². The fourth-order valence-corrected chi connectivity index (χ4v) is 1.36. The summed E-state index contributed by atoms with van der Waals surface area (Å²) < 4.78 is 0. The van der Waals surface area contributed by atoms with E-state index in [9.17, 15) is 0 Å². The highest BCUT2D eigenvalue weighted by molar-refractivity contribution is 5.93. The second kappa shape index (κ2) is 2.86. The van der Waals surface area contributed by atoms with E-state index in [1.165, 1.54) is 5.39 Å². The van der Waals surface area contributed by atoms with E-state index in [4.69, 9.17) is 0 Å². The molecule has 0 saturated carbocycles. The lowest BCUT2D eigenvalue weighted by atomic mass is 10.1. The molecule has 0 fully saturated rings. The molecular formula is C11H10N. The van der Waals surface area contributed by atoms with E-state index in [0.29, 0.717) is 0 Å². The van der Waals surface area contributed by atoms with Crippen LogP contribution in [0.3, 0.4) is 0 Å². The maximum absolute atomic E-state index is 3.21. The van der Waals surface area contributed by atoms with Crippen molar-refractivity contribution in [3.63, 3.8) is 0 Å². The monoisotopic (exact) mass is 156 g/mol. The summed E-state index contributed by atoms with van der Waals surface area (Å²) in [7, 11) is 1.93. The third-order valence-electron chi connectivity index (χ3n) is 1.97. The third kappa shape index (κ3) is 1.03. The highest BCUT2D eigenvalue weighted by atomic mass is 14.8. The van der Waals surface area contributed by atoms with Gasteiger partial charge < -0.3 is 5.32 Å². The Kier molecular flexibility index (Phi) is 1.71. The molecule has 59 valence electrons. The van der Waals surface area contributed by atoms with Crippen LogP contribution in [-0.2, 0) is 0 Å². The van der Waals surface area contributed by atoms with Crippen LogP contribution in [0.5, 0.6) is 0 Å². The van der Waals surface area contributed by atoms with Crippen molar-refractivity contribution in [1.82, 2.24) is 0 Å². The van der Waals surface area contributed by atoms with E-state index < -0.39 is 0 Å². The Hall–Kier alpha value is -1.50. The first kappa shape index (κ1) is 7.17. The summed E-state index contributed by atoms with van der Waals surface area (Å²) >= 11 is 0. The van der Waals surface area contributed by atoms with E-state index in [1.54, 1.807) is 0 Å². The molecule has 0 aliphatic heterocycles. The summed E-state index contributed by atoms with van der Waals surface area (Å²) in [5.41, 5.74) is 1.13. The maximum atomic E-state index is 3.21. The van der Waals surface area contributed by atoms with Crippen LogP contribution >= 0.6 is 0 Å². The van der Waals surface area contributed by atoms with Gasteiger partial charge in [-0.25, -0.2) is 0 Å². The molecule has 2 rings (SSSR count). The number of hydrogen-bond acceptors (Lipinski definition) is 1. The van der Waals surface area contributed by atoms with E-state index in [0.717, 1.165) is 11.1 Å². The zero-order chi connectivity index (χ0) is 8.39. The Labute approximate surface area is 72.0 Å². The van der Waals surface area contributed by atoms with Gasteiger partial charge in [0.25, 0.3) is 0 Å². The van der Waals surface area contributed by atoms with Crippen molar-refractivity contribution in [3.8, 4) is 0 Å². The van der Waals surface area contributed by atoms with Gasteiger partial charge in [0.15, 0.2) is 0 Å². The van der Waals surface area contributed by atoms with E-state index in [-0.39, 0.29) is 0 Å². The van der Waals surface area contributed by atoms with Crippen molar-refractivity contribution in [2.24, 2.45) is 0 Å². The SMILES string of the molecule is CNc1cccc2ccc[c]c12. The Morgan fingerprint density at radius 2 is 2.00 bits per heavy atom. The molecule has 1 nitrogen and oxygen atoms in total. The third-order valence-corrected chi connectivity index (χ3v) is 1.97. The molecule has 0 unspecified atom stereocenters. The summed E-state index contributed by atoms with van der Waals surface area (Å²) in [5, 5.41) is 5.52. The standard InChI is InChI=1S/C11H10N/c1-12-11-8-4-6-9-5-2-3-7-10(9)11/h2-6,8,12H,1H3. The van der Waals surface area contributed by atoms with Gasteiger partial charge in [-0.05, 0) is 17.5 Å². The van der Waals surface area contributed by atoms with Crippen molar-refractivity contribution < 1.29 is 0 Å². The van der Waals surface area contributed by atoms with Gasteiger partial charge in [-0.1, -0.05) is 30.3 Å². The number of benzene rings is 2. The lowest BCUT2D eigenvalue weighted by molar-refractivity contribution is 1.54. The molecular weight excluding hydrogens is 146 g/mol.